The molecule has 0 aromatic carbocycles. The van der Waals surface area contributed by atoms with Crippen LogP contribution in [0.5, 0.6) is 0 Å². The Bertz CT molecular complexity index is 356. The van der Waals surface area contributed by atoms with E-state index in [2.05, 4.69) is 10.2 Å². The molecule has 1 unspecified atom stereocenters. The van der Waals surface area contributed by atoms with Crippen LogP contribution in [0.15, 0.2) is 10.2 Å². The fourth-order valence-corrected chi connectivity index (χ4v) is 0.778. The van der Waals surface area contributed by atoms with Crippen LogP contribution in [-0.4, -0.2) is 23.7 Å². The van der Waals surface area contributed by atoms with Crippen molar-refractivity contribution in [2.75, 3.05) is 6.61 Å². The number of esters is 1. The van der Waals surface area contributed by atoms with E-state index in [1.54, 1.807) is 20.8 Å². The van der Waals surface area contributed by atoms with Crippen molar-refractivity contribution in [1.29, 1.82) is 5.26 Å². The number of carbonyl (C=O) groups excluding carboxylic acids is 1. The van der Waals surface area contributed by atoms with Gasteiger partial charge in [-0.15, -0.1) is 0 Å². The van der Waals surface area contributed by atoms with Gasteiger partial charge in [-0.3, -0.25) is 4.79 Å². The first-order valence-electron chi connectivity index (χ1n) is 6.18. The summed E-state index contributed by atoms with van der Waals surface area (Å²) in [6.45, 7) is 10.9. The lowest BCUT2D eigenvalue weighted by Gasteiger charge is -2.20. The Kier molecular flexibility index (Phi) is 5.96. The number of nitrogens with zero attached hydrogens (tertiary/aromatic N) is 3. The summed E-state index contributed by atoms with van der Waals surface area (Å²) in [7, 11) is 0. The average Bonchev–Trinajstić information content (AvgIpc) is 2.33. The van der Waals surface area contributed by atoms with Crippen LogP contribution < -0.4 is 0 Å². The molecule has 102 valence electrons. The quantitative estimate of drug-likeness (QED) is 0.539. The molecule has 0 fully saturated rings. The Morgan fingerprint density at radius 2 is 1.89 bits per heavy atom. The largest absolute Gasteiger partial charge is 0.462 e. The highest BCUT2D eigenvalue weighted by molar-refractivity contribution is 5.71. The minimum Gasteiger partial charge on any atom is -0.462 e. The van der Waals surface area contributed by atoms with Crippen LogP contribution >= 0.6 is 0 Å². The summed E-state index contributed by atoms with van der Waals surface area (Å²) in [6.07, 6.45) is 0.823. The second-order valence-corrected chi connectivity index (χ2v) is 5.51. The van der Waals surface area contributed by atoms with Crippen LogP contribution in [0.25, 0.3) is 0 Å². The standard InChI is InChI=1S/C13H23N3O2/c1-7-12(4,5)15-16-13(6,8-14)9-18-11(17)10(2)3/h10H,7,9H2,1-6H3. The monoisotopic (exact) mass is 253 g/mol. The molecule has 0 heterocycles. The first-order chi connectivity index (χ1) is 8.16. The molecule has 0 spiro atoms. The van der Waals surface area contributed by atoms with Crippen LogP contribution in [0, 0.1) is 17.2 Å². The molecule has 0 aromatic rings. The Labute approximate surface area is 109 Å². The van der Waals surface area contributed by atoms with E-state index in [4.69, 9.17) is 10.00 Å². The van der Waals surface area contributed by atoms with Crippen LogP contribution in [0.4, 0.5) is 0 Å². The summed E-state index contributed by atoms with van der Waals surface area (Å²) < 4.78 is 5.04. The average molecular weight is 253 g/mol. The van der Waals surface area contributed by atoms with Crippen LogP contribution in [0.2, 0.25) is 0 Å². The van der Waals surface area contributed by atoms with Crippen molar-refractivity contribution in [3.63, 3.8) is 0 Å². The highest BCUT2D eigenvalue weighted by atomic mass is 16.5. The molecule has 0 saturated heterocycles. The normalized spacial score (nSPS) is 15.4. The molecule has 5 heteroatoms. The maximum Gasteiger partial charge on any atom is 0.308 e. The van der Waals surface area contributed by atoms with Crippen molar-refractivity contribution < 1.29 is 9.53 Å². The molecule has 0 aliphatic heterocycles. The summed E-state index contributed by atoms with van der Waals surface area (Å²) in [4.78, 5) is 11.4. The topological polar surface area (TPSA) is 74.8 Å². The SMILES string of the molecule is CCC(C)(C)N=NC(C)(C#N)COC(=O)C(C)C. The van der Waals surface area contributed by atoms with Crippen molar-refractivity contribution in [2.24, 2.45) is 16.1 Å². The Morgan fingerprint density at radius 3 is 2.28 bits per heavy atom. The van der Waals surface area contributed by atoms with Gasteiger partial charge < -0.3 is 4.74 Å². The highest BCUT2D eigenvalue weighted by Crippen LogP contribution is 2.19. The van der Waals surface area contributed by atoms with Crippen molar-refractivity contribution in [3.05, 3.63) is 0 Å². The summed E-state index contributed by atoms with van der Waals surface area (Å²) in [5.74, 6) is -0.543. The molecule has 5 nitrogen and oxygen atoms in total. The van der Waals surface area contributed by atoms with Crippen molar-refractivity contribution in [2.45, 2.75) is 59.0 Å². The van der Waals surface area contributed by atoms with E-state index in [-0.39, 0.29) is 24.0 Å². The van der Waals surface area contributed by atoms with Gasteiger partial charge in [0.15, 0.2) is 5.54 Å². The van der Waals surface area contributed by atoms with E-state index < -0.39 is 5.54 Å². The maximum atomic E-state index is 11.4. The number of azo groups is 1. The molecular formula is C13H23N3O2. The number of hydrogen-bond acceptors (Lipinski definition) is 5. The summed E-state index contributed by atoms with van der Waals surface area (Å²) in [5.41, 5.74) is -1.42. The van der Waals surface area contributed by atoms with E-state index >= 15 is 0 Å². The molecule has 0 radical (unpaired) electrons. The Balaban J connectivity index is 4.65. The third-order valence-electron chi connectivity index (χ3n) is 2.61. The van der Waals surface area contributed by atoms with Crippen LogP contribution in [0.1, 0.15) is 48.0 Å². The van der Waals surface area contributed by atoms with Gasteiger partial charge in [-0.25, -0.2) is 0 Å². The molecule has 0 bridgehead atoms. The zero-order chi connectivity index (χ0) is 14.4. The lowest BCUT2D eigenvalue weighted by Crippen LogP contribution is -2.30. The summed E-state index contributed by atoms with van der Waals surface area (Å²) in [6, 6.07) is 2.03. The molecule has 0 aliphatic carbocycles. The molecule has 0 amide bonds. The molecule has 0 rings (SSSR count). The zero-order valence-corrected chi connectivity index (χ0v) is 12.1. The third kappa shape index (κ3) is 5.76. The van der Waals surface area contributed by atoms with Gasteiger partial charge in [-0.05, 0) is 27.2 Å². The van der Waals surface area contributed by atoms with Crippen molar-refractivity contribution in [3.8, 4) is 6.07 Å². The minimum absolute atomic E-state index is 0.0657. The smallest absolute Gasteiger partial charge is 0.308 e. The number of carbonyl (C=O) groups is 1. The molecule has 0 saturated carbocycles. The molecule has 18 heavy (non-hydrogen) atoms. The Hall–Kier alpha value is -1.44. The van der Waals surface area contributed by atoms with E-state index in [0.29, 0.717) is 0 Å². The number of nitriles is 1. The second-order valence-electron chi connectivity index (χ2n) is 5.51. The number of hydrogen-bond donors (Lipinski definition) is 0. The fraction of sp³-hybridized carbons (Fsp3) is 0.846. The predicted octanol–water partition coefficient (Wildman–Crippen LogP) is 3.11. The van der Waals surface area contributed by atoms with Gasteiger partial charge >= 0.3 is 5.97 Å². The zero-order valence-electron chi connectivity index (χ0n) is 12.1. The van der Waals surface area contributed by atoms with E-state index in [1.165, 1.54) is 0 Å². The fourth-order valence-electron chi connectivity index (χ4n) is 0.778. The molecular weight excluding hydrogens is 230 g/mol. The van der Waals surface area contributed by atoms with Gasteiger partial charge in [0.1, 0.15) is 6.61 Å². The lowest BCUT2D eigenvalue weighted by atomic mass is 10.0. The van der Waals surface area contributed by atoms with Crippen molar-refractivity contribution in [1.82, 2.24) is 0 Å². The Morgan fingerprint density at radius 1 is 1.33 bits per heavy atom. The third-order valence-corrected chi connectivity index (χ3v) is 2.61. The van der Waals surface area contributed by atoms with Gasteiger partial charge in [0, 0.05) is 0 Å². The first-order valence-corrected chi connectivity index (χ1v) is 6.18. The molecule has 1 atom stereocenters. The van der Waals surface area contributed by atoms with Gasteiger partial charge in [-0.2, -0.15) is 15.5 Å². The van der Waals surface area contributed by atoms with Gasteiger partial charge in [0.25, 0.3) is 0 Å². The highest BCUT2D eigenvalue weighted by Gasteiger charge is 2.27. The van der Waals surface area contributed by atoms with Gasteiger partial charge in [0.2, 0.25) is 0 Å². The summed E-state index contributed by atoms with van der Waals surface area (Å²) >= 11 is 0. The van der Waals surface area contributed by atoms with Crippen LogP contribution in [0.3, 0.4) is 0 Å². The second kappa shape index (κ2) is 6.48. The van der Waals surface area contributed by atoms with Crippen LogP contribution in [-0.2, 0) is 9.53 Å². The number of ether oxygens (including phenoxy) is 1. The number of rotatable bonds is 6. The van der Waals surface area contributed by atoms with E-state index in [0.717, 1.165) is 6.42 Å². The molecule has 0 N–H and O–H groups in total. The minimum atomic E-state index is -1.11. The molecule has 0 aliphatic rings. The van der Waals surface area contributed by atoms with E-state index in [1.807, 2.05) is 26.8 Å². The van der Waals surface area contributed by atoms with Gasteiger partial charge in [0.05, 0.1) is 17.5 Å². The van der Waals surface area contributed by atoms with E-state index in [9.17, 15) is 4.79 Å². The maximum absolute atomic E-state index is 11.4. The molecule has 0 aromatic heterocycles. The van der Waals surface area contributed by atoms with Crippen molar-refractivity contribution >= 4 is 5.97 Å². The van der Waals surface area contributed by atoms with Gasteiger partial charge in [-0.1, -0.05) is 20.8 Å². The predicted molar refractivity (Wildman–Crippen MR) is 69.0 cm³/mol. The lowest BCUT2D eigenvalue weighted by molar-refractivity contribution is -0.148. The summed E-state index contributed by atoms with van der Waals surface area (Å²) in [5, 5.41) is 17.3. The first kappa shape index (κ1) is 16.6.